The number of nitrogen functional groups attached to an aromatic ring is 1. The summed E-state index contributed by atoms with van der Waals surface area (Å²) in [6.45, 7) is 3.44. The van der Waals surface area contributed by atoms with Crippen LogP contribution in [0.15, 0.2) is 24.3 Å². The second-order valence-electron chi connectivity index (χ2n) is 7.17. The third-order valence-corrected chi connectivity index (χ3v) is 5.16. The number of halogens is 3. The number of aromatic nitrogens is 4. The summed E-state index contributed by atoms with van der Waals surface area (Å²) >= 11 is 6.30. The summed E-state index contributed by atoms with van der Waals surface area (Å²) in [6.07, 6.45) is -0.209. The van der Waals surface area contributed by atoms with Crippen molar-refractivity contribution in [1.29, 1.82) is 0 Å². The standard InChI is InChI=1S/C19H20ClF2N7/c1-10(24-18-26-11(2)25-17(23)28-18)13-8-12-4-3-5-14(20)15(12)27-16(13)29-7-6-19(21,22)9-29/h3-5,8,10H,6-7,9H2,1-2H3,(H3,23,24,25,26,28)/t10-/m0/s1. The molecule has 10 heteroatoms. The minimum atomic E-state index is -2.75. The molecule has 3 aromatic rings. The first-order chi connectivity index (χ1) is 13.7. The Morgan fingerprint density at radius 3 is 2.72 bits per heavy atom. The normalized spacial score (nSPS) is 16.9. The number of nitrogens with one attached hydrogen (secondary N) is 1. The van der Waals surface area contributed by atoms with Crippen molar-refractivity contribution in [1.82, 2.24) is 19.9 Å². The minimum absolute atomic E-state index is 0.107. The van der Waals surface area contributed by atoms with Crippen molar-refractivity contribution >= 4 is 40.2 Å². The number of fused-ring (bicyclic) bond motifs is 1. The van der Waals surface area contributed by atoms with Gasteiger partial charge in [0.25, 0.3) is 5.92 Å². The van der Waals surface area contributed by atoms with Crippen LogP contribution >= 0.6 is 11.6 Å². The van der Waals surface area contributed by atoms with Crippen molar-refractivity contribution < 1.29 is 8.78 Å². The summed E-state index contributed by atoms with van der Waals surface area (Å²) in [6, 6.07) is 7.04. The van der Waals surface area contributed by atoms with Crippen molar-refractivity contribution in [3.63, 3.8) is 0 Å². The first-order valence-electron chi connectivity index (χ1n) is 9.18. The van der Waals surface area contributed by atoms with Gasteiger partial charge < -0.3 is 16.0 Å². The highest BCUT2D eigenvalue weighted by molar-refractivity contribution is 6.35. The first-order valence-corrected chi connectivity index (χ1v) is 9.56. The lowest BCUT2D eigenvalue weighted by Gasteiger charge is -2.25. The number of nitrogens with zero attached hydrogens (tertiary/aromatic N) is 5. The predicted octanol–water partition coefficient (Wildman–Crippen LogP) is 3.98. The van der Waals surface area contributed by atoms with Gasteiger partial charge in [-0.15, -0.1) is 0 Å². The van der Waals surface area contributed by atoms with Crippen LogP contribution < -0.4 is 16.0 Å². The molecule has 4 rings (SSSR count). The number of pyridine rings is 1. The smallest absolute Gasteiger partial charge is 0.266 e. The fraction of sp³-hybridized carbons (Fsp3) is 0.368. The molecule has 3 heterocycles. The van der Waals surface area contributed by atoms with Crippen LogP contribution in [0.5, 0.6) is 0 Å². The fourth-order valence-electron chi connectivity index (χ4n) is 3.50. The summed E-state index contributed by atoms with van der Waals surface area (Å²) in [5, 5.41) is 4.47. The Bertz CT molecular complexity index is 1060. The summed E-state index contributed by atoms with van der Waals surface area (Å²) < 4.78 is 27.8. The van der Waals surface area contributed by atoms with Crippen LogP contribution in [0, 0.1) is 6.92 Å². The third-order valence-electron chi connectivity index (χ3n) is 4.85. The van der Waals surface area contributed by atoms with Crippen LogP contribution in [0.3, 0.4) is 0 Å². The Balaban J connectivity index is 1.77. The molecule has 3 N–H and O–H groups in total. The molecule has 7 nitrogen and oxygen atoms in total. The summed E-state index contributed by atoms with van der Waals surface area (Å²) in [5.41, 5.74) is 7.03. The largest absolute Gasteiger partial charge is 0.368 e. The number of nitrogens with two attached hydrogens (primary N) is 1. The van der Waals surface area contributed by atoms with Gasteiger partial charge >= 0.3 is 0 Å². The lowest BCUT2D eigenvalue weighted by Crippen LogP contribution is -2.27. The zero-order chi connectivity index (χ0) is 20.8. The van der Waals surface area contributed by atoms with Gasteiger partial charge in [0.05, 0.1) is 23.1 Å². The van der Waals surface area contributed by atoms with E-state index < -0.39 is 5.92 Å². The van der Waals surface area contributed by atoms with Crippen molar-refractivity contribution in [3.05, 3.63) is 40.7 Å². The number of hydrogen-bond acceptors (Lipinski definition) is 7. The molecule has 1 fully saturated rings. The highest BCUT2D eigenvalue weighted by Crippen LogP contribution is 2.37. The second-order valence-corrected chi connectivity index (χ2v) is 7.58. The zero-order valence-electron chi connectivity index (χ0n) is 16.0. The van der Waals surface area contributed by atoms with Gasteiger partial charge in [0.2, 0.25) is 11.9 Å². The SMILES string of the molecule is Cc1nc(N)nc(N[C@@H](C)c2cc3cccc(Cl)c3nc2N2CCC(F)(F)C2)n1. The van der Waals surface area contributed by atoms with E-state index in [1.54, 1.807) is 17.9 Å². The number of alkyl halides is 2. The fourth-order valence-corrected chi connectivity index (χ4v) is 3.72. The zero-order valence-corrected chi connectivity index (χ0v) is 16.7. The molecule has 0 aliphatic carbocycles. The van der Waals surface area contributed by atoms with Gasteiger partial charge in [0.15, 0.2) is 0 Å². The molecule has 152 valence electrons. The van der Waals surface area contributed by atoms with Gasteiger partial charge in [0.1, 0.15) is 11.6 Å². The Morgan fingerprint density at radius 1 is 1.24 bits per heavy atom. The molecule has 1 aliphatic rings. The lowest BCUT2D eigenvalue weighted by molar-refractivity contribution is 0.0256. The molecule has 1 atom stereocenters. The Hall–Kier alpha value is -2.81. The molecule has 1 aromatic carbocycles. The van der Waals surface area contributed by atoms with Crippen molar-refractivity contribution in [2.24, 2.45) is 0 Å². The summed E-state index contributed by atoms with van der Waals surface area (Å²) in [7, 11) is 0. The molecule has 2 aromatic heterocycles. The van der Waals surface area contributed by atoms with E-state index >= 15 is 0 Å². The molecular weight excluding hydrogens is 400 g/mol. The number of anilines is 3. The maximum absolute atomic E-state index is 13.9. The van der Waals surface area contributed by atoms with E-state index in [0.29, 0.717) is 28.1 Å². The second kappa shape index (κ2) is 7.22. The molecule has 0 saturated carbocycles. The quantitative estimate of drug-likeness (QED) is 0.660. The highest BCUT2D eigenvalue weighted by Gasteiger charge is 2.39. The Morgan fingerprint density at radius 2 is 2.03 bits per heavy atom. The van der Waals surface area contributed by atoms with Crippen LogP contribution in [0.2, 0.25) is 5.02 Å². The maximum Gasteiger partial charge on any atom is 0.266 e. The van der Waals surface area contributed by atoms with Crippen LogP contribution in [0.4, 0.5) is 26.5 Å². The van der Waals surface area contributed by atoms with E-state index in [0.717, 1.165) is 10.9 Å². The average Bonchev–Trinajstić information content (AvgIpc) is 3.00. The molecule has 0 radical (unpaired) electrons. The topological polar surface area (TPSA) is 92.8 Å². The number of hydrogen-bond donors (Lipinski definition) is 2. The predicted molar refractivity (Wildman–Crippen MR) is 110 cm³/mol. The number of rotatable bonds is 4. The molecule has 29 heavy (non-hydrogen) atoms. The Labute approximate surface area is 171 Å². The van der Waals surface area contributed by atoms with Crippen molar-refractivity contribution in [2.75, 3.05) is 29.0 Å². The van der Waals surface area contributed by atoms with Gasteiger partial charge in [-0.2, -0.15) is 15.0 Å². The van der Waals surface area contributed by atoms with E-state index in [-0.39, 0.29) is 31.5 Å². The van der Waals surface area contributed by atoms with E-state index in [1.807, 2.05) is 25.1 Å². The molecule has 0 bridgehead atoms. The summed E-state index contributed by atoms with van der Waals surface area (Å²) in [4.78, 5) is 18.6. The minimum Gasteiger partial charge on any atom is -0.368 e. The van der Waals surface area contributed by atoms with E-state index in [1.165, 1.54) is 0 Å². The molecule has 0 spiro atoms. The molecule has 1 saturated heterocycles. The van der Waals surface area contributed by atoms with Gasteiger partial charge in [-0.05, 0) is 26.0 Å². The lowest BCUT2D eigenvalue weighted by atomic mass is 10.1. The van der Waals surface area contributed by atoms with Crippen LogP contribution in [-0.2, 0) is 0 Å². The number of para-hydroxylation sites is 1. The van der Waals surface area contributed by atoms with Crippen molar-refractivity contribution in [3.8, 4) is 0 Å². The van der Waals surface area contributed by atoms with Crippen molar-refractivity contribution in [2.45, 2.75) is 32.2 Å². The Kier molecular flexibility index (Phi) is 4.85. The van der Waals surface area contributed by atoms with E-state index in [9.17, 15) is 8.78 Å². The van der Waals surface area contributed by atoms with Gasteiger partial charge in [-0.25, -0.2) is 13.8 Å². The average molecular weight is 420 g/mol. The monoisotopic (exact) mass is 419 g/mol. The van der Waals surface area contributed by atoms with Crippen LogP contribution in [-0.4, -0.2) is 38.9 Å². The van der Waals surface area contributed by atoms with Gasteiger partial charge in [0, 0.05) is 23.9 Å². The first kappa shape index (κ1) is 19.5. The molecule has 0 amide bonds. The number of aryl methyl sites for hydroxylation is 1. The third kappa shape index (κ3) is 4.00. The summed E-state index contributed by atoms with van der Waals surface area (Å²) in [5.74, 6) is -1.37. The highest BCUT2D eigenvalue weighted by atomic mass is 35.5. The van der Waals surface area contributed by atoms with Crippen LogP contribution in [0.25, 0.3) is 10.9 Å². The van der Waals surface area contributed by atoms with Gasteiger partial charge in [-0.3, -0.25) is 0 Å². The maximum atomic E-state index is 13.9. The van der Waals surface area contributed by atoms with E-state index in [4.69, 9.17) is 17.3 Å². The van der Waals surface area contributed by atoms with Gasteiger partial charge in [-0.1, -0.05) is 23.7 Å². The molecule has 0 unspecified atom stereocenters. The van der Waals surface area contributed by atoms with Crippen LogP contribution in [0.1, 0.15) is 30.8 Å². The number of benzene rings is 1. The molecule has 1 aliphatic heterocycles. The van der Waals surface area contributed by atoms with E-state index in [2.05, 4.69) is 25.3 Å². The molecular formula is C19H20ClF2N7.